The predicted molar refractivity (Wildman–Crippen MR) is 135 cm³/mol. The first-order valence-corrected chi connectivity index (χ1v) is 14.2. The molecule has 0 amide bonds. The molecule has 4 rings (SSSR count). The highest BCUT2D eigenvalue weighted by Gasteiger charge is 2.28. The van der Waals surface area contributed by atoms with Gasteiger partial charge in [-0.25, -0.2) is 4.57 Å². The first-order valence-electron chi connectivity index (χ1n) is 11.2. The minimum absolute atomic E-state index is 0.509. The lowest BCUT2D eigenvalue weighted by molar-refractivity contribution is -0.659. The van der Waals surface area contributed by atoms with Crippen LogP contribution in [0.15, 0.2) is 67.0 Å². The number of aryl methyl sites for hydroxylation is 2. The highest BCUT2D eigenvalue weighted by Crippen LogP contribution is 2.32. The Kier molecular flexibility index (Phi) is 5.57. The van der Waals surface area contributed by atoms with E-state index in [9.17, 15) is 0 Å². The van der Waals surface area contributed by atoms with Gasteiger partial charge in [0.25, 0.3) is 0 Å². The third kappa shape index (κ3) is 3.83. The third-order valence-electron chi connectivity index (χ3n) is 6.78. The zero-order valence-corrected chi connectivity index (χ0v) is 20.8. The summed E-state index contributed by atoms with van der Waals surface area (Å²) in [6.07, 6.45) is 4.11. The van der Waals surface area contributed by atoms with Crippen LogP contribution in [0.4, 0.5) is 0 Å². The van der Waals surface area contributed by atoms with Crippen LogP contribution in [0.3, 0.4) is 0 Å². The van der Waals surface area contributed by atoms with Crippen LogP contribution < -0.4 is 15.1 Å². The molecule has 0 aliphatic rings. The zero-order valence-electron chi connectivity index (χ0n) is 19.8. The highest BCUT2D eigenvalue weighted by molar-refractivity contribution is 7.00. The monoisotopic (exact) mass is 425 g/mol. The van der Waals surface area contributed by atoms with Crippen LogP contribution in [0.1, 0.15) is 36.5 Å². The van der Waals surface area contributed by atoms with Crippen LogP contribution in [0.2, 0.25) is 13.1 Å². The van der Waals surface area contributed by atoms with Crippen LogP contribution in [-0.2, 0) is 7.05 Å². The lowest BCUT2D eigenvalue weighted by Crippen LogP contribution is -2.54. The van der Waals surface area contributed by atoms with Crippen molar-refractivity contribution in [3.05, 3.63) is 83.7 Å². The zero-order chi connectivity index (χ0) is 22.3. The number of hydrogen-bond donors (Lipinski definition) is 0. The maximum Gasteiger partial charge on any atom is 0.220 e. The molecule has 2 aromatic heterocycles. The van der Waals surface area contributed by atoms with E-state index in [-0.39, 0.29) is 0 Å². The van der Waals surface area contributed by atoms with E-state index in [1.165, 1.54) is 49.2 Å². The summed E-state index contributed by atoms with van der Waals surface area (Å²) in [4.78, 5) is 4.69. The maximum absolute atomic E-state index is 4.69. The smallest absolute Gasteiger partial charge is 0.220 e. The summed E-state index contributed by atoms with van der Waals surface area (Å²) in [5.41, 5.74) is 6.75. The summed E-state index contributed by atoms with van der Waals surface area (Å²) >= 11 is 0. The van der Waals surface area contributed by atoms with Crippen molar-refractivity contribution >= 4 is 29.4 Å². The Bertz CT molecular complexity index is 1260. The predicted octanol–water partition coefficient (Wildman–Crippen LogP) is 5.29. The molecule has 31 heavy (non-hydrogen) atoms. The molecular weight excluding hydrogens is 392 g/mol. The molecule has 3 heteroatoms. The number of rotatable bonds is 4. The standard InChI is InChI=1S/C28H33N2Si/c1-19(2)23-16-20(3)21(4)26(18-23)28-25-12-11-24(17-22(25)13-15-30(28)5)31(6,7)27-10-8-9-14-29-27/h8-19H,1-7H3/q+1. The van der Waals surface area contributed by atoms with Crippen LogP contribution >= 0.6 is 0 Å². The summed E-state index contributed by atoms with van der Waals surface area (Å²) < 4.78 is 2.27. The third-order valence-corrected chi connectivity index (χ3v) is 10.1. The van der Waals surface area contributed by atoms with E-state index in [2.05, 4.69) is 107 Å². The summed E-state index contributed by atoms with van der Waals surface area (Å²) in [5.74, 6) is 0.509. The van der Waals surface area contributed by atoms with Crippen LogP contribution in [0.5, 0.6) is 0 Å². The van der Waals surface area contributed by atoms with Crippen molar-refractivity contribution in [1.29, 1.82) is 0 Å². The molecule has 0 aliphatic heterocycles. The van der Waals surface area contributed by atoms with Gasteiger partial charge >= 0.3 is 0 Å². The molecule has 4 aromatic rings. The highest BCUT2D eigenvalue weighted by atomic mass is 28.3. The van der Waals surface area contributed by atoms with Crippen molar-refractivity contribution in [2.24, 2.45) is 7.05 Å². The summed E-state index contributed by atoms with van der Waals surface area (Å²) in [6.45, 7) is 13.8. The van der Waals surface area contributed by atoms with Gasteiger partial charge in [0.05, 0.1) is 10.9 Å². The first kappa shape index (κ1) is 21.4. The van der Waals surface area contributed by atoms with Gasteiger partial charge in [0.1, 0.15) is 15.1 Å². The minimum Gasteiger partial charge on any atom is -0.266 e. The van der Waals surface area contributed by atoms with Gasteiger partial charge in [-0.1, -0.05) is 56.4 Å². The SMILES string of the molecule is Cc1cc(C(C)C)cc(-c2c3ccc([Si](C)(C)c4ccccn4)cc3cc[n+]2C)c1C. The van der Waals surface area contributed by atoms with Gasteiger partial charge in [-0.15, -0.1) is 0 Å². The molecule has 2 heterocycles. The van der Waals surface area contributed by atoms with E-state index in [0.717, 1.165) is 0 Å². The molecule has 0 radical (unpaired) electrons. The second-order valence-electron chi connectivity index (χ2n) is 9.58. The number of aromatic nitrogens is 2. The van der Waals surface area contributed by atoms with Crippen molar-refractivity contribution in [2.45, 2.75) is 46.7 Å². The molecule has 0 saturated heterocycles. The number of nitrogens with zero attached hydrogens (tertiary/aromatic N) is 2. The Labute approximate surface area is 187 Å². The Balaban J connectivity index is 1.93. The lowest BCUT2D eigenvalue weighted by Gasteiger charge is -2.23. The van der Waals surface area contributed by atoms with Gasteiger partial charge in [-0.05, 0) is 66.1 Å². The van der Waals surface area contributed by atoms with Gasteiger partial charge in [0.15, 0.2) is 6.20 Å². The van der Waals surface area contributed by atoms with Gasteiger partial charge in [-0.2, -0.15) is 0 Å². The Morgan fingerprint density at radius 1 is 0.935 bits per heavy atom. The summed E-state index contributed by atoms with van der Waals surface area (Å²) in [5, 5.41) is 5.26. The van der Waals surface area contributed by atoms with Crippen molar-refractivity contribution in [2.75, 3.05) is 0 Å². The fourth-order valence-corrected chi connectivity index (χ4v) is 6.67. The Morgan fingerprint density at radius 3 is 2.39 bits per heavy atom. The lowest BCUT2D eigenvalue weighted by atomic mass is 9.91. The van der Waals surface area contributed by atoms with Crippen LogP contribution in [-0.4, -0.2) is 13.1 Å². The first-order chi connectivity index (χ1) is 14.7. The molecule has 0 fully saturated rings. The summed E-state index contributed by atoms with van der Waals surface area (Å²) in [7, 11) is 0.314. The fourth-order valence-electron chi connectivity index (χ4n) is 4.44. The molecule has 0 bridgehead atoms. The molecule has 0 saturated carbocycles. The second kappa shape index (κ2) is 8.05. The molecule has 158 valence electrons. The van der Waals surface area contributed by atoms with E-state index in [4.69, 9.17) is 4.98 Å². The number of fused-ring (bicyclic) bond motifs is 1. The van der Waals surface area contributed by atoms with E-state index in [0.29, 0.717) is 5.92 Å². The van der Waals surface area contributed by atoms with Crippen LogP contribution in [0.25, 0.3) is 22.0 Å². The average molecular weight is 426 g/mol. The number of benzene rings is 2. The Hall–Kier alpha value is -2.78. The van der Waals surface area contributed by atoms with Gasteiger partial charge < -0.3 is 0 Å². The van der Waals surface area contributed by atoms with E-state index in [1.807, 2.05) is 12.3 Å². The van der Waals surface area contributed by atoms with E-state index < -0.39 is 8.07 Å². The molecule has 0 spiro atoms. The van der Waals surface area contributed by atoms with E-state index >= 15 is 0 Å². The Morgan fingerprint density at radius 2 is 1.71 bits per heavy atom. The molecule has 0 N–H and O–H groups in total. The number of pyridine rings is 2. The largest absolute Gasteiger partial charge is 0.266 e. The normalized spacial score (nSPS) is 12.0. The molecule has 2 aromatic carbocycles. The van der Waals surface area contributed by atoms with Gasteiger partial charge in [-0.3, -0.25) is 4.98 Å². The maximum atomic E-state index is 4.69. The second-order valence-corrected chi connectivity index (χ2v) is 13.9. The van der Waals surface area contributed by atoms with Crippen molar-refractivity contribution in [1.82, 2.24) is 4.98 Å². The summed E-state index contributed by atoms with van der Waals surface area (Å²) in [6, 6.07) is 20.3. The van der Waals surface area contributed by atoms with Gasteiger partial charge in [0, 0.05) is 17.6 Å². The quantitative estimate of drug-likeness (QED) is 0.321. The van der Waals surface area contributed by atoms with Gasteiger partial charge in [0.2, 0.25) is 5.69 Å². The number of hydrogen-bond acceptors (Lipinski definition) is 1. The average Bonchev–Trinajstić information content (AvgIpc) is 2.76. The van der Waals surface area contributed by atoms with Crippen molar-refractivity contribution in [3.63, 3.8) is 0 Å². The topological polar surface area (TPSA) is 16.8 Å². The molecule has 2 nitrogen and oxygen atoms in total. The molecule has 0 aliphatic carbocycles. The minimum atomic E-state index is -1.84. The van der Waals surface area contributed by atoms with Crippen molar-refractivity contribution in [3.8, 4) is 11.3 Å². The molecule has 0 unspecified atom stereocenters. The van der Waals surface area contributed by atoms with E-state index in [1.54, 1.807) is 0 Å². The van der Waals surface area contributed by atoms with Crippen LogP contribution in [0, 0.1) is 13.8 Å². The van der Waals surface area contributed by atoms with Crippen molar-refractivity contribution < 1.29 is 4.57 Å². The fraction of sp³-hybridized carbons (Fsp3) is 0.286. The molecule has 0 atom stereocenters. The molecular formula is C28H33N2Si+.